The maximum Gasteiger partial charge on any atom is 0.243 e. The zero-order valence-electron chi connectivity index (χ0n) is 16.0. The molecule has 6 heterocycles. The number of rotatable bonds is 4. The molecule has 0 spiro atoms. The monoisotopic (exact) mass is 398 g/mol. The minimum Gasteiger partial charge on any atom is -0.378 e. The summed E-state index contributed by atoms with van der Waals surface area (Å²) in [4.78, 5) is 11.8. The third-order valence-corrected chi connectivity index (χ3v) is 6.34. The lowest BCUT2D eigenvalue weighted by Crippen LogP contribution is -2.49. The summed E-state index contributed by atoms with van der Waals surface area (Å²) in [6, 6.07) is -0.339. The Hall–Kier alpha value is -2.75. The Labute approximate surface area is 166 Å². The highest BCUT2D eigenvalue weighted by Gasteiger charge is 2.39. The maximum absolute atomic E-state index is 14.2. The molecule has 2 N–H and O–H groups in total. The predicted octanol–water partition coefficient (Wildman–Crippen LogP) is 1.90. The van der Waals surface area contributed by atoms with E-state index in [-0.39, 0.29) is 12.6 Å². The molecule has 0 radical (unpaired) electrons. The Bertz CT molecular complexity index is 1000. The van der Waals surface area contributed by atoms with Gasteiger partial charge in [-0.1, -0.05) is 0 Å². The molecule has 29 heavy (non-hydrogen) atoms. The number of ether oxygens (including phenoxy) is 1. The van der Waals surface area contributed by atoms with Crippen molar-refractivity contribution in [3.63, 3.8) is 0 Å². The molecule has 4 fully saturated rings. The van der Waals surface area contributed by atoms with Crippen LogP contribution in [0.25, 0.3) is 16.9 Å². The molecular formula is C19H23FN8O. The van der Waals surface area contributed by atoms with Crippen LogP contribution in [0.3, 0.4) is 0 Å². The summed E-state index contributed by atoms with van der Waals surface area (Å²) in [5.41, 5.74) is 3.49. The van der Waals surface area contributed by atoms with Crippen LogP contribution in [0, 0.1) is 11.8 Å². The van der Waals surface area contributed by atoms with Crippen molar-refractivity contribution in [2.75, 3.05) is 36.5 Å². The first-order chi connectivity index (χ1) is 14.2. The number of hydrogen-bond acceptors (Lipinski definition) is 7. The molecule has 9 nitrogen and oxygen atoms in total. The fourth-order valence-corrected chi connectivity index (χ4v) is 4.87. The van der Waals surface area contributed by atoms with Crippen molar-refractivity contribution in [1.82, 2.24) is 29.8 Å². The molecule has 3 aromatic heterocycles. The Morgan fingerprint density at radius 1 is 1.24 bits per heavy atom. The van der Waals surface area contributed by atoms with E-state index in [1.165, 1.54) is 12.8 Å². The molecule has 2 atom stereocenters. The highest BCUT2D eigenvalue weighted by atomic mass is 19.1. The van der Waals surface area contributed by atoms with Crippen LogP contribution in [-0.2, 0) is 4.74 Å². The fraction of sp³-hybridized carbons (Fsp3) is 0.579. The van der Waals surface area contributed by atoms with E-state index in [9.17, 15) is 4.39 Å². The smallest absolute Gasteiger partial charge is 0.243 e. The summed E-state index contributed by atoms with van der Waals surface area (Å²) < 4.78 is 21.1. The molecule has 1 aliphatic carbocycles. The number of nitrogens with zero attached hydrogens (tertiary/aromatic N) is 6. The number of nitrogens with one attached hydrogen (secondary N) is 2. The summed E-state index contributed by atoms with van der Waals surface area (Å²) in [5.74, 6) is 1.90. The molecule has 0 aromatic carbocycles. The Kier molecular flexibility index (Phi) is 3.93. The van der Waals surface area contributed by atoms with Crippen molar-refractivity contribution < 1.29 is 9.13 Å². The summed E-state index contributed by atoms with van der Waals surface area (Å²) in [7, 11) is 0. The van der Waals surface area contributed by atoms with E-state index in [1.807, 2.05) is 6.20 Å². The minimum absolute atomic E-state index is 0.110. The standard InChI is InChI=1S/C19H23FN8O/c20-14-9-29-2-1-15(14)24-19-25-18-17(27-7-11-3-12(4-11)8-27)16(13-5-22-23-6-13)21-10-28(18)26-19/h5-6,10-12,14-15H,1-4,7-9H2,(H,22,23)(H,24,26)/t11?,12?,14-,15+/m1/s1. The summed E-state index contributed by atoms with van der Waals surface area (Å²) in [5, 5.41) is 14.6. The normalized spacial score (nSPS) is 29.1. The lowest BCUT2D eigenvalue weighted by Gasteiger charge is -2.48. The van der Waals surface area contributed by atoms with Gasteiger partial charge in [-0.15, -0.1) is 5.10 Å². The van der Waals surface area contributed by atoms with Crippen LogP contribution < -0.4 is 10.2 Å². The molecule has 7 rings (SSSR count). The molecule has 2 bridgehead atoms. The van der Waals surface area contributed by atoms with Gasteiger partial charge in [-0.05, 0) is 31.1 Å². The van der Waals surface area contributed by atoms with Gasteiger partial charge in [0.2, 0.25) is 5.95 Å². The number of aromatic nitrogens is 6. The molecule has 152 valence electrons. The average molecular weight is 398 g/mol. The first kappa shape index (κ1) is 17.1. The molecule has 1 saturated carbocycles. The van der Waals surface area contributed by atoms with Crippen LogP contribution in [0.4, 0.5) is 16.0 Å². The van der Waals surface area contributed by atoms with Gasteiger partial charge in [-0.2, -0.15) is 14.6 Å². The van der Waals surface area contributed by atoms with Crippen LogP contribution in [-0.4, -0.2) is 68.3 Å². The van der Waals surface area contributed by atoms with Crippen molar-refractivity contribution in [2.24, 2.45) is 11.8 Å². The summed E-state index contributed by atoms with van der Waals surface area (Å²) in [6.07, 6.45) is 7.45. The highest BCUT2D eigenvalue weighted by molar-refractivity contribution is 5.85. The van der Waals surface area contributed by atoms with Crippen molar-refractivity contribution in [3.05, 3.63) is 18.7 Å². The van der Waals surface area contributed by atoms with Crippen LogP contribution in [0.2, 0.25) is 0 Å². The second-order valence-corrected chi connectivity index (χ2v) is 8.37. The fourth-order valence-electron chi connectivity index (χ4n) is 4.87. The quantitative estimate of drug-likeness (QED) is 0.693. The number of alkyl halides is 1. The number of halogens is 1. The Balaban J connectivity index is 1.41. The first-order valence-corrected chi connectivity index (χ1v) is 10.2. The molecule has 0 amide bonds. The zero-order chi connectivity index (χ0) is 19.4. The number of H-pyrrole nitrogens is 1. The van der Waals surface area contributed by atoms with E-state index in [2.05, 4.69) is 30.5 Å². The average Bonchev–Trinajstić information content (AvgIpc) is 3.38. The minimum atomic E-state index is -1.07. The maximum atomic E-state index is 14.2. The van der Waals surface area contributed by atoms with Gasteiger partial charge in [0.15, 0.2) is 5.65 Å². The zero-order valence-corrected chi connectivity index (χ0v) is 16.0. The number of piperidine rings is 2. The van der Waals surface area contributed by atoms with E-state index in [0.29, 0.717) is 19.0 Å². The van der Waals surface area contributed by atoms with Gasteiger partial charge in [-0.3, -0.25) is 5.10 Å². The highest BCUT2D eigenvalue weighted by Crippen LogP contribution is 2.43. The molecular weight excluding hydrogens is 375 g/mol. The van der Waals surface area contributed by atoms with Crippen molar-refractivity contribution in [3.8, 4) is 11.3 Å². The van der Waals surface area contributed by atoms with E-state index in [0.717, 1.165) is 47.5 Å². The van der Waals surface area contributed by atoms with Gasteiger partial charge >= 0.3 is 0 Å². The number of aromatic amines is 1. The van der Waals surface area contributed by atoms with Crippen molar-refractivity contribution in [1.29, 1.82) is 0 Å². The van der Waals surface area contributed by atoms with Crippen molar-refractivity contribution in [2.45, 2.75) is 31.5 Å². The molecule has 10 heteroatoms. The molecule has 4 aliphatic rings. The molecule has 3 aliphatic heterocycles. The first-order valence-electron chi connectivity index (χ1n) is 10.2. The SMILES string of the molecule is F[C@@H]1COCC[C@@H]1Nc1nc2c(N3CC4CC(C4)C3)c(-c3cn[nH]c3)ncn2n1. The van der Waals surface area contributed by atoms with Crippen LogP contribution >= 0.6 is 0 Å². The number of anilines is 2. The van der Waals surface area contributed by atoms with Crippen LogP contribution in [0.5, 0.6) is 0 Å². The lowest BCUT2D eigenvalue weighted by molar-refractivity contribution is 0.0284. The van der Waals surface area contributed by atoms with Gasteiger partial charge in [-0.25, -0.2) is 9.37 Å². The third kappa shape index (κ3) is 2.93. The second kappa shape index (κ2) is 6.65. The Morgan fingerprint density at radius 3 is 2.86 bits per heavy atom. The number of hydrogen-bond donors (Lipinski definition) is 2. The Morgan fingerprint density at radius 2 is 2.10 bits per heavy atom. The van der Waals surface area contributed by atoms with Crippen molar-refractivity contribution >= 4 is 17.3 Å². The third-order valence-electron chi connectivity index (χ3n) is 6.34. The summed E-state index contributed by atoms with van der Waals surface area (Å²) >= 11 is 0. The van der Waals surface area contributed by atoms with Crippen LogP contribution in [0.1, 0.15) is 19.3 Å². The van der Waals surface area contributed by atoms with Gasteiger partial charge in [0, 0.05) is 31.5 Å². The molecule has 3 aromatic rings. The molecule has 3 saturated heterocycles. The summed E-state index contributed by atoms with van der Waals surface area (Å²) in [6.45, 7) is 2.66. The predicted molar refractivity (Wildman–Crippen MR) is 105 cm³/mol. The van der Waals surface area contributed by atoms with E-state index >= 15 is 0 Å². The second-order valence-electron chi connectivity index (χ2n) is 8.37. The topological polar surface area (TPSA) is 96.3 Å². The van der Waals surface area contributed by atoms with E-state index in [1.54, 1.807) is 17.0 Å². The lowest BCUT2D eigenvalue weighted by atomic mass is 9.71. The largest absolute Gasteiger partial charge is 0.378 e. The van der Waals surface area contributed by atoms with E-state index in [4.69, 9.17) is 9.72 Å². The van der Waals surface area contributed by atoms with Gasteiger partial charge in [0.1, 0.15) is 23.9 Å². The van der Waals surface area contributed by atoms with Crippen LogP contribution in [0.15, 0.2) is 18.7 Å². The molecule has 0 unspecified atom stereocenters. The van der Waals surface area contributed by atoms with Gasteiger partial charge in [0.25, 0.3) is 0 Å². The van der Waals surface area contributed by atoms with E-state index < -0.39 is 6.17 Å². The number of fused-ring (bicyclic) bond motifs is 3. The van der Waals surface area contributed by atoms with Gasteiger partial charge in [0.05, 0.1) is 18.8 Å². The van der Waals surface area contributed by atoms with Gasteiger partial charge < -0.3 is 15.0 Å².